The Bertz CT molecular complexity index is 426. The van der Waals surface area contributed by atoms with Gasteiger partial charge < -0.3 is 4.90 Å². The lowest BCUT2D eigenvalue weighted by Gasteiger charge is -2.34. The Morgan fingerprint density at radius 2 is 2.17 bits per heavy atom. The van der Waals surface area contributed by atoms with Gasteiger partial charge in [-0.05, 0) is 31.2 Å². The third-order valence-electron chi connectivity index (χ3n) is 3.57. The summed E-state index contributed by atoms with van der Waals surface area (Å²) < 4.78 is 0. The maximum Gasteiger partial charge on any atom is 0.226 e. The van der Waals surface area contributed by atoms with E-state index in [-0.39, 0.29) is 5.91 Å². The van der Waals surface area contributed by atoms with Crippen LogP contribution in [0.3, 0.4) is 0 Å². The fourth-order valence-electron chi connectivity index (χ4n) is 2.42. The quantitative estimate of drug-likeness (QED) is 0.767. The summed E-state index contributed by atoms with van der Waals surface area (Å²) >= 11 is 5.95. The van der Waals surface area contributed by atoms with Crippen molar-refractivity contribution in [3.05, 3.63) is 35.4 Å². The van der Waals surface area contributed by atoms with Crippen molar-refractivity contribution in [2.75, 3.05) is 13.6 Å². The number of carbonyl (C=O) groups is 1. The number of hydrogen-bond acceptors (Lipinski definition) is 1. The molecule has 1 fully saturated rings. The lowest BCUT2D eigenvalue weighted by Crippen LogP contribution is -2.38. The average Bonchev–Trinajstić information content (AvgIpc) is 2.26. The molecule has 1 aliphatic carbocycles. The molecule has 3 heteroatoms. The number of hydrogen-bond donors (Lipinski definition) is 0. The molecule has 0 spiro atoms. The van der Waals surface area contributed by atoms with Crippen LogP contribution in [0.15, 0.2) is 24.3 Å². The number of likely N-dealkylation sites (N-methyl/N-ethyl adjacent to an activating group) is 1. The Kier molecular flexibility index (Phi) is 4.28. The van der Waals surface area contributed by atoms with E-state index in [9.17, 15) is 4.79 Å². The van der Waals surface area contributed by atoms with Crippen LogP contribution in [0.5, 0.6) is 0 Å². The second kappa shape index (κ2) is 5.75. The molecule has 18 heavy (non-hydrogen) atoms. The predicted octanol–water partition coefficient (Wildman–Crippen LogP) is 3.01. The fraction of sp³-hybridized carbons (Fsp3) is 0.533. The smallest absolute Gasteiger partial charge is 0.226 e. The number of rotatable bonds is 4. The Morgan fingerprint density at radius 3 is 2.78 bits per heavy atom. The summed E-state index contributed by atoms with van der Waals surface area (Å²) in [6.07, 6.45) is 2.59. The minimum Gasteiger partial charge on any atom is -0.345 e. The zero-order valence-electron chi connectivity index (χ0n) is 11.0. The summed E-state index contributed by atoms with van der Waals surface area (Å²) in [5.41, 5.74) is 2.29. The van der Waals surface area contributed by atoms with Crippen LogP contribution in [0.25, 0.3) is 0 Å². The van der Waals surface area contributed by atoms with Gasteiger partial charge in [-0.1, -0.05) is 29.8 Å². The van der Waals surface area contributed by atoms with E-state index in [2.05, 4.69) is 6.07 Å². The molecule has 1 saturated carbocycles. The molecule has 1 aliphatic rings. The number of halogens is 1. The Labute approximate surface area is 114 Å². The predicted molar refractivity (Wildman–Crippen MR) is 74.9 cm³/mol. The maximum absolute atomic E-state index is 12.1. The summed E-state index contributed by atoms with van der Waals surface area (Å²) in [4.78, 5) is 13.9. The van der Waals surface area contributed by atoms with Gasteiger partial charge in [0.15, 0.2) is 0 Å². The molecular formula is C15H20ClNO. The lowest BCUT2D eigenvalue weighted by atomic mass is 9.84. The van der Waals surface area contributed by atoms with Crippen LogP contribution in [-0.4, -0.2) is 29.8 Å². The van der Waals surface area contributed by atoms with E-state index in [1.165, 1.54) is 5.56 Å². The van der Waals surface area contributed by atoms with Gasteiger partial charge in [0.2, 0.25) is 5.91 Å². The average molecular weight is 266 g/mol. The van der Waals surface area contributed by atoms with Crippen LogP contribution in [0.4, 0.5) is 0 Å². The van der Waals surface area contributed by atoms with Crippen molar-refractivity contribution < 1.29 is 4.79 Å². The van der Waals surface area contributed by atoms with E-state index in [0.29, 0.717) is 17.7 Å². The molecule has 1 amide bonds. The molecule has 1 aromatic rings. The molecule has 0 bridgehead atoms. The first-order valence-corrected chi connectivity index (χ1v) is 6.92. The molecule has 0 N–H and O–H groups in total. The van der Waals surface area contributed by atoms with Crippen LogP contribution in [0.2, 0.25) is 0 Å². The first-order valence-electron chi connectivity index (χ1n) is 6.48. The molecule has 0 aliphatic heterocycles. The number of nitrogens with zero attached hydrogens (tertiary/aromatic N) is 1. The number of amides is 1. The number of benzene rings is 1. The van der Waals surface area contributed by atoms with Crippen molar-refractivity contribution in [2.45, 2.75) is 31.6 Å². The van der Waals surface area contributed by atoms with E-state index in [1.807, 2.05) is 37.1 Å². The first kappa shape index (κ1) is 13.4. The molecule has 2 nitrogen and oxygen atoms in total. The van der Waals surface area contributed by atoms with Crippen molar-refractivity contribution in [3.63, 3.8) is 0 Å². The lowest BCUT2D eigenvalue weighted by molar-refractivity contribution is -0.130. The largest absolute Gasteiger partial charge is 0.345 e. The Morgan fingerprint density at radius 1 is 1.44 bits per heavy atom. The number of alkyl halides is 1. The minimum absolute atomic E-state index is 0.193. The Hall–Kier alpha value is -1.02. The van der Waals surface area contributed by atoms with Gasteiger partial charge in [-0.25, -0.2) is 0 Å². The molecule has 0 radical (unpaired) electrons. The fourth-order valence-corrected chi connectivity index (χ4v) is 2.93. The van der Waals surface area contributed by atoms with Gasteiger partial charge in [0, 0.05) is 19.0 Å². The first-order chi connectivity index (χ1) is 8.54. The van der Waals surface area contributed by atoms with Gasteiger partial charge in [-0.3, -0.25) is 4.79 Å². The zero-order chi connectivity index (χ0) is 13.1. The van der Waals surface area contributed by atoms with Crippen LogP contribution in [0.1, 0.15) is 24.0 Å². The van der Waals surface area contributed by atoms with Crippen LogP contribution >= 0.6 is 11.6 Å². The summed E-state index contributed by atoms with van der Waals surface area (Å²) in [7, 11) is 1.89. The summed E-state index contributed by atoms with van der Waals surface area (Å²) in [5.74, 6) is 0.789. The second-order valence-electron chi connectivity index (χ2n) is 5.37. The monoisotopic (exact) mass is 265 g/mol. The van der Waals surface area contributed by atoms with Gasteiger partial charge in [0.25, 0.3) is 0 Å². The minimum atomic E-state index is 0.193. The van der Waals surface area contributed by atoms with Crippen LogP contribution in [0, 0.1) is 12.8 Å². The normalized spacial score (nSPS) is 22.4. The molecule has 2 rings (SSSR count). The van der Waals surface area contributed by atoms with Gasteiger partial charge in [-0.2, -0.15) is 0 Å². The molecule has 0 aromatic heterocycles. The molecule has 0 heterocycles. The molecular weight excluding hydrogens is 246 g/mol. The Balaban J connectivity index is 1.83. The summed E-state index contributed by atoms with van der Waals surface area (Å²) in [6, 6.07) is 8.13. The van der Waals surface area contributed by atoms with E-state index >= 15 is 0 Å². The molecule has 0 saturated heterocycles. The molecule has 98 valence electrons. The van der Waals surface area contributed by atoms with Gasteiger partial charge in [0.1, 0.15) is 0 Å². The van der Waals surface area contributed by atoms with Crippen molar-refractivity contribution in [1.29, 1.82) is 0 Å². The van der Waals surface area contributed by atoms with E-state index in [4.69, 9.17) is 11.6 Å². The number of carbonyl (C=O) groups excluding carboxylic acids is 1. The summed E-state index contributed by atoms with van der Waals surface area (Å²) in [6.45, 7) is 2.89. The van der Waals surface area contributed by atoms with E-state index in [1.54, 1.807) is 0 Å². The van der Waals surface area contributed by atoms with E-state index in [0.717, 1.165) is 24.9 Å². The molecule has 0 unspecified atom stereocenters. The van der Waals surface area contributed by atoms with Crippen molar-refractivity contribution in [2.24, 2.45) is 5.92 Å². The highest BCUT2D eigenvalue weighted by atomic mass is 35.5. The maximum atomic E-state index is 12.1. The van der Waals surface area contributed by atoms with Crippen LogP contribution < -0.4 is 0 Å². The highest BCUT2D eigenvalue weighted by molar-refractivity contribution is 6.21. The van der Waals surface area contributed by atoms with E-state index < -0.39 is 0 Å². The van der Waals surface area contributed by atoms with Gasteiger partial charge in [-0.15, -0.1) is 11.6 Å². The van der Waals surface area contributed by atoms with Gasteiger partial charge >= 0.3 is 0 Å². The topological polar surface area (TPSA) is 20.3 Å². The highest BCUT2D eigenvalue weighted by Crippen LogP contribution is 2.32. The van der Waals surface area contributed by atoms with Gasteiger partial charge in [0.05, 0.1) is 6.42 Å². The third-order valence-corrected chi connectivity index (χ3v) is 3.93. The third kappa shape index (κ3) is 3.49. The highest BCUT2D eigenvalue weighted by Gasteiger charge is 2.28. The molecule has 1 aromatic carbocycles. The van der Waals surface area contributed by atoms with Crippen molar-refractivity contribution in [3.8, 4) is 0 Å². The molecule has 0 atom stereocenters. The SMILES string of the molecule is Cc1cccc(CC(=O)N(C)CC2CC(Cl)C2)c1. The van der Waals surface area contributed by atoms with Crippen molar-refractivity contribution in [1.82, 2.24) is 4.90 Å². The standard InChI is InChI=1S/C15H20ClNO/c1-11-4-3-5-12(6-11)9-15(18)17(2)10-13-7-14(16)8-13/h3-6,13-14H,7-10H2,1-2H3. The van der Waals surface area contributed by atoms with Crippen LogP contribution in [-0.2, 0) is 11.2 Å². The second-order valence-corrected chi connectivity index (χ2v) is 5.99. The zero-order valence-corrected chi connectivity index (χ0v) is 11.8. The van der Waals surface area contributed by atoms with Crippen molar-refractivity contribution >= 4 is 17.5 Å². The summed E-state index contributed by atoms with van der Waals surface area (Å²) in [5, 5.41) is 0.329. The number of aryl methyl sites for hydroxylation is 1.